The summed E-state index contributed by atoms with van der Waals surface area (Å²) in [5.41, 5.74) is 6.57. The van der Waals surface area contributed by atoms with Crippen molar-refractivity contribution in [3.63, 3.8) is 0 Å². The maximum atomic E-state index is 4.37. The molecule has 0 N–H and O–H groups in total. The van der Waals surface area contributed by atoms with Crippen molar-refractivity contribution in [1.29, 1.82) is 0 Å². The van der Waals surface area contributed by atoms with Gasteiger partial charge in [-0.25, -0.2) is 4.98 Å². The SMILES string of the molecule is BC=C(c1ccccc1)c1ccccc1.CC=CCCC[SiH2]C(c1ccccc1)(c1ccccc1)n1ccnc1. The molecular weight excluding hydrogens is 499 g/mol. The van der Waals surface area contributed by atoms with Crippen molar-refractivity contribution in [3.8, 4) is 0 Å². The number of hydrogen-bond acceptors (Lipinski definition) is 1. The highest BCUT2D eigenvalue weighted by Gasteiger charge is 2.35. The Hall–Kier alpha value is -4.15. The van der Waals surface area contributed by atoms with Crippen LogP contribution in [-0.2, 0) is 5.16 Å². The summed E-state index contributed by atoms with van der Waals surface area (Å²) in [6.07, 6.45) is 12.9. The van der Waals surface area contributed by atoms with Crippen LogP contribution in [0.25, 0.3) is 5.57 Å². The number of hydrogen-bond donors (Lipinski definition) is 0. The Morgan fingerprint density at radius 3 is 1.70 bits per heavy atom. The Balaban J connectivity index is 0.000000210. The van der Waals surface area contributed by atoms with E-state index < -0.39 is 9.52 Å². The van der Waals surface area contributed by atoms with Gasteiger partial charge in [0.05, 0.1) is 21.0 Å². The van der Waals surface area contributed by atoms with Crippen molar-refractivity contribution in [2.24, 2.45) is 0 Å². The smallest absolute Gasteiger partial charge is 0.130 e. The van der Waals surface area contributed by atoms with Crippen LogP contribution in [0.15, 0.2) is 158 Å². The first-order valence-electron chi connectivity index (χ1n) is 14.3. The molecule has 0 radical (unpaired) electrons. The molecule has 0 saturated carbocycles. The van der Waals surface area contributed by atoms with Gasteiger partial charge in [0.2, 0.25) is 0 Å². The van der Waals surface area contributed by atoms with Gasteiger partial charge < -0.3 is 4.57 Å². The Kier molecular flexibility index (Phi) is 11.1. The third-order valence-corrected chi connectivity index (χ3v) is 10.1. The van der Waals surface area contributed by atoms with E-state index in [1.807, 2.05) is 24.7 Å². The average molecular weight is 539 g/mol. The van der Waals surface area contributed by atoms with Gasteiger partial charge in [0, 0.05) is 12.4 Å². The molecule has 0 aliphatic heterocycles. The summed E-state index contributed by atoms with van der Waals surface area (Å²) in [6.45, 7) is 2.10. The summed E-state index contributed by atoms with van der Waals surface area (Å²) in [7, 11) is 1.59. The lowest BCUT2D eigenvalue weighted by atomic mass is 9.92. The zero-order valence-corrected chi connectivity index (χ0v) is 25.1. The summed E-state index contributed by atoms with van der Waals surface area (Å²) in [4.78, 5) is 4.37. The molecule has 0 amide bonds. The lowest BCUT2D eigenvalue weighted by Gasteiger charge is -2.37. The minimum Gasteiger partial charge on any atom is -0.327 e. The van der Waals surface area contributed by atoms with E-state index in [9.17, 15) is 0 Å². The number of nitrogens with zero attached hydrogens (tertiary/aromatic N) is 2. The minimum atomic E-state index is -0.486. The largest absolute Gasteiger partial charge is 0.327 e. The molecule has 1 aromatic heterocycles. The topological polar surface area (TPSA) is 17.8 Å². The predicted octanol–water partition coefficient (Wildman–Crippen LogP) is 7.28. The Bertz CT molecular complexity index is 1350. The Morgan fingerprint density at radius 1 is 0.775 bits per heavy atom. The van der Waals surface area contributed by atoms with E-state index in [-0.39, 0.29) is 5.16 Å². The molecule has 4 aromatic carbocycles. The lowest BCUT2D eigenvalue weighted by Crippen LogP contribution is -2.41. The quantitative estimate of drug-likeness (QED) is 0.104. The van der Waals surface area contributed by atoms with E-state index in [2.05, 4.69) is 158 Å². The highest BCUT2D eigenvalue weighted by molar-refractivity contribution is 6.41. The standard InChI is InChI=1S/C22H26N2Si.C14H13B/c1-2-3-4-11-18-25-22(24-17-16-23-19-24,20-12-7-5-8-13-20)21-14-9-6-10-15-21;15-11-14(12-7-3-1-4-8-12)13-9-5-2-6-10-13/h2-3,5-10,12-17,19H,4,11,18,25H2,1H3;1-11H,15H2. The van der Waals surface area contributed by atoms with Gasteiger partial charge in [-0.2, -0.15) is 0 Å². The summed E-state index contributed by atoms with van der Waals surface area (Å²) in [6, 6.07) is 44.1. The number of benzene rings is 4. The second kappa shape index (κ2) is 15.4. The van der Waals surface area contributed by atoms with E-state index in [1.165, 1.54) is 46.7 Å². The summed E-state index contributed by atoms with van der Waals surface area (Å²) in [5.74, 6) is 2.16. The molecule has 0 spiro atoms. The fourth-order valence-electron chi connectivity index (χ4n) is 5.34. The number of aromatic nitrogens is 2. The summed E-state index contributed by atoms with van der Waals surface area (Å²) in [5, 5.41) is -0.0745. The normalized spacial score (nSPS) is 11.3. The van der Waals surface area contributed by atoms with E-state index in [0.29, 0.717) is 0 Å². The highest BCUT2D eigenvalue weighted by Crippen LogP contribution is 2.34. The molecule has 0 saturated heterocycles. The lowest BCUT2D eigenvalue weighted by molar-refractivity contribution is 0.589. The molecule has 0 aliphatic carbocycles. The van der Waals surface area contributed by atoms with Gasteiger partial charge in [0.1, 0.15) is 7.85 Å². The predicted molar refractivity (Wildman–Crippen MR) is 177 cm³/mol. The summed E-state index contributed by atoms with van der Waals surface area (Å²) >= 11 is 0. The van der Waals surface area contributed by atoms with Crippen molar-refractivity contribution in [2.45, 2.75) is 31.0 Å². The first-order valence-corrected chi connectivity index (χ1v) is 16.0. The van der Waals surface area contributed by atoms with E-state index >= 15 is 0 Å². The van der Waals surface area contributed by atoms with Crippen LogP contribution >= 0.6 is 0 Å². The maximum absolute atomic E-state index is 4.37. The molecule has 0 fully saturated rings. The molecule has 1 heterocycles. The van der Waals surface area contributed by atoms with E-state index in [0.717, 1.165) is 0 Å². The van der Waals surface area contributed by atoms with E-state index in [4.69, 9.17) is 0 Å². The maximum Gasteiger partial charge on any atom is 0.130 e. The Labute approximate surface area is 243 Å². The molecule has 40 heavy (non-hydrogen) atoms. The second-order valence-corrected chi connectivity index (χ2v) is 12.0. The molecule has 0 atom stereocenters. The Morgan fingerprint density at radius 2 is 1.27 bits per heavy atom. The third-order valence-electron chi connectivity index (χ3n) is 7.30. The molecule has 0 unspecified atom stereocenters. The minimum absolute atomic E-state index is 0.0745. The van der Waals surface area contributed by atoms with Gasteiger partial charge in [-0.3, -0.25) is 0 Å². The van der Waals surface area contributed by atoms with Gasteiger partial charge in [-0.1, -0.05) is 146 Å². The van der Waals surface area contributed by atoms with Crippen LogP contribution in [0, 0.1) is 0 Å². The van der Waals surface area contributed by atoms with Crippen LogP contribution in [0.2, 0.25) is 6.04 Å². The van der Waals surface area contributed by atoms with Gasteiger partial charge in [-0.05, 0) is 41.2 Å². The molecule has 4 heteroatoms. The molecular formula is C36H39BN2Si. The van der Waals surface area contributed by atoms with Crippen LogP contribution in [-0.4, -0.2) is 26.9 Å². The number of allylic oxidation sites excluding steroid dienone is 2. The van der Waals surface area contributed by atoms with Crippen LogP contribution in [0.5, 0.6) is 0 Å². The molecule has 5 rings (SSSR count). The molecule has 0 bridgehead atoms. The molecule has 0 aliphatic rings. The number of rotatable bonds is 10. The van der Waals surface area contributed by atoms with Crippen molar-refractivity contribution in [2.75, 3.05) is 0 Å². The van der Waals surface area contributed by atoms with E-state index in [1.54, 1.807) is 0 Å². The van der Waals surface area contributed by atoms with Crippen LogP contribution in [0.3, 0.4) is 0 Å². The zero-order chi connectivity index (χ0) is 27.9. The molecule has 2 nitrogen and oxygen atoms in total. The van der Waals surface area contributed by atoms with Crippen molar-refractivity contribution >= 4 is 22.9 Å². The fourth-order valence-corrected chi connectivity index (χ4v) is 7.88. The first kappa shape index (κ1) is 28.8. The van der Waals surface area contributed by atoms with Crippen molar-refractivity contribution < 1.29 is 0 Å². The van der Waals surface area contributed by atoms with Crippen LogP contribution < -0.4 is 0 Å². The average Bonchev–Trinajstić information content (AvgIpc) is 3.57. The van der Waals surface area contributed by atoms with Gasteiger partial charge in [-0.15, -0.1) is 5.98 Å². The van der Waals surface area contributed by atoms with Gasteiger partial charge in [0.15, 0.2) is 0 Å². The number of unbranched alkanes of at least 4 members (excludes halogenated alkanes) is 1. The monoisotopic (exact) mass is 538 g/mol. The molecule has 200 valence electrons. The van der Waals surface area contributed by atoms with Gasteiger partial charge in [0.25, 0.3) is 0 Å². The first-order chi connectivity index (χ1) is 19.8. The van der Waals surface area contributed by atoms with Gasteiger partial charge >= 0.3 is 0 Å². The third kappa shape index (κ3) is 7.28. The highest BCUT2D eigenvalue weighted by atomic mass is 28.2. The zero-order valence-electron chi connectivity index (χ0n) is 23.7. The van der Waals surface area contributed by atoms with Crippen molar-refractivity contribution in [1.82, 2.24) is 9.55 Å². The van der Waals surface area contributed by atoms with Crippen molar-refractivity contribution in [3.05, 3.63) is 180 Å². The fraction of sp³-hybridized carbons (Fsp3) is 0.139. The second-order valence-electron chi connectivity index (χ2n) is 9.81. The summed E-state index contributed by atoms with van der Waals surface area (Å²) < 4.78 is 2.33. The molecule has 5 aromatic rings. The number of imidazole rings is 1. The van der Waals surface area contributed by atoms with Crippen LogP contribution in [0.1, 0.15) is 42.0 Å². The van der Waals surface area contributed by atoms with Crippen LogP contribution in [0.4, 0.5) is 0 Å².